The summed E-state index contributed by atoms with van der Waals surface area (Å²) in [7, 11) is 0. The average molecular weight is 385 g/mol. The SMILES string of the molecule is CCC1CCCCN1CCNC(=O)CNC(=O)[C@@H](N)C(C)C.Cl.Cl. The summed E-state index contributed by atoms with van der Waals surface area (Å²) in [6.07, 6.45) is 4.97. The molecule has 0 spiro atoms. The van der Waals surface area contributed by atoms with Crippen molar-refractivity contribution < 1.29 is 9.59 Å². The van der Waals surface area contributed by atoms with Crippen LogP contribution < -0.4 is 16.4 Å². The molecule has 2 amide bonds. The molecule has 1 rings (SSSR count). The average Bonchev–Trinajstić information content (AvgIpc) is 2.52. The van der Waals surface area contributed by atoms with Gasteiger partial charge in [-0.3, -0.25) is 14.5 Å². The van der Waals surface area contributed by atoms with Crippen molar-refractivity contribution in [2.75, 3.05) is 26.2 Å². The van der Waals surface area contributed by atoms with Gasteiger partial charge in [0.25, 0.3) is 0 Å². The minimum atomic E-state index is -0.563. The highest BCUT2D eigenvalue weighted by molar-refractivity contribution is 5.87. The monoisotopic (exact) mass is 384 g/mol. The smallest absolute Gasteiger partial charge is 0.239 e. The van der Waals surface area contributed by atoms with E-state index in [-0.39, 0.29) is 49.1 Å². The minimum absolute atomic E-state index is 0. The lowest BCUT2D eigenvalue weighted by Crippen LogP contribution is -2.48. The highest BCUT2D eigenvalue weighted by Crippen LogP contribution is 2.18. The number of piperidine rings is 1. The van der Waals surface area contributed by atoms with Crippen molar-refractivity contribution in [2.24, 2.45) is 11.7 Å². The van der Waals surface area contributed by atoms with Crippen molar-refractivity contribution in [2.45, 2.75) is 58.5 Å². The van der Waals surface area contributed by atoms with Gasteiger partial charge in [0.15, 0.2) is 0 Å². The lowest BCUT2D eigenvalue weighted by molar-refractivity contribution is -0.127. The molecular weight excluding hydrogens is 351 g/mol. The van der Waals surface area contributed by atoms with E-state index in [0.717, 1.165) is 19.5 Å². The Morgan fingerprint density at radius 2 is 1.88 bits per heavy atom. The van der Waals surface area contributed by atoms with E-state index < -0.39 is 6.04 Å². The number of nitrogens with zero attached hydrogens (tertiary/aromatic N) is 1. The lowest BCUT2D eigenvalue weighted by Gasteiger charge is -2.35. The van der Waals surface area contributed by atoms with Crippen molar-refractivity contribution in [3.63, 3.8) is 0 Å². The van der Waals surface area contributed by atoms with Gasteiger partial charge in [0.05, 0.1) is 12.6 Å². The van der Waals surface area contributed by atoms with Gasteiger partial charge in [-0.15, -0.1) is 24.8 Å². The number of carbonyl (C=O) groups is 2. The van der Waals surface area contributed by atoms with Crippen molar-refractivity contribution >= 4 is 36.6 Å². The number of hydrogen-bond acceptors (Lipinski definition) is 4. The Morgan fingerprint density at radius 1 is 1.21 bits per heavy atom. The van der Waals surface area contributed by atoms with E-state index in [0.29, 0.717) is 12.6 Å². The molecule has 0 aromatic heterocycles. The van der Waals surface area contributed by atoms with Crippen LogP contribution in [0.2, 0.25) is 0 Å². The normalized spacial score (nSPS) is 19.0. The number of halogens is 2. The van der Waals surface area contributed by atoms with Gasteiger partial charge in [0.1, 0.15) is 0 Å². The van der Waals surface area contributed by atoms with Gasteiger partial charge in [-0.2, -0.15) is 0 Å². The maximum absolute atomic E-state index is 11.7. The molecule has 0 bridgehead atoms. The van der Waals surface area contributed by atoms with E-state index in [1.54, 1.807) is 0 Å². The first-order chi connectivity index (χ1) is 10.5. The molecule has 4 N–H and O–H groups in total. The summed E-state index contributed by atoms with van der Waals surface area (Å²) in [5, 5.41) is 5.44. The standard InChI is InChI=1S/C16H32N4O2.2ClH/c1-4-13-7-5-6-9-20(13)10-8-18-14(21)11-19-16(22)15(17)12(2)3;;/h12-13,15H,4-11,17H2,1-3H3,(H,18,21)(H,19,22);2*1H/t13?,15-;;/m0../s1. The molecule has 1 aliphatic heterocycles. The zero-order valence-corrected chi connectivity index (χ0v) is 16.7. The zero-order valence-electron chi connectivity index (χ0n) is 15.0. The summed E-state index contributed by atoms with van der Waals surface area (Å²) >= 11 is 0. The second kappa shape index (κ2) is 13.7. The van der Waals surface area contributed by atoms with Crippen LogP contribution in [0.15, 0.2) is 0 Å². The van der Waals surface area contributed by atoms with E-state index in [1.165, 1.54) is 19.3 Å². The zero-order chi connectivity index (χ0) is 16.5. The molecule has 1 heterocycles. The quantitative estimate of drug-likeness (QED) is 0.588. The third-order valence-corrected chi connectivity index (χ3v) is 4.39. The highest BCUT2D eigenvalue weighted by atomic mass is 35.5. The molecule has 2 atom stereocenters. The summed E-state index contributed by atoms with van der Waals surface area (Å²) in [5.74, 6) is -0.366. The lowest BCUT2D eigenvalue weighted by atomic mass is 10.0. The molecule has 0 saturated carbocycles. The van der Waals surface area contributed by atoms with Crippen LogP contribution in [0.4, 0.5) is 0 Å². The van der Waals surface area contributed by atoms with E-state index in [2.05, 4.69) is 22.5 Å². The molecule has 0 aromatic rings. The molecular formula is C16H34Cl2N4O2. The third-order valence-electron chi connectivity index (χ3n) is 4.39. The topological polar surface area (TPSA) is 87.5 Å². The van der Waals surface area contributed by atoms with Gasteiger partial charge >= 0.3 is 0 Å². The van der Waals surface area contributed by atoms with Gasteiger partial charge in [-0.25, -0.2) is 0 Å². The minimum Gasteiger partial charge on any atom is -0.353 e. The van der Waals surface area contributed by atoms with Gasteiger partial charge in [-0.1, -0.05) is 27.2 Å². The molecule has 1 saturated heterocycles. The first kappa shape index (κ1) is 25.7. The fourth-order valence-electron chi connectivity index (χ4n) is 2.81. The Kier molecular flexibility index (Phi) is 14.7. The Hall–Kier alpha value is -0.560. The van der Waals surface area contributed by atoms with Gasteiger partial charge < -0.3 is 16.4 Å². The highest BCUT2D eigenvalue weighted by Gasteiger charge is 2.20. The van der Waals surface area contributed by atoms with Gasteiger partial charge in [0.2, 0.25) is 11.8 Å². The number of rotatable bonds is 8. The fraction of sp³-hybridized carbons (Fsp3) is 0.875. The third kappa shape index (κ3) is 9.06. The molecule has 1 unspecified atom stereocenters. The Morgan fingerprint density at radius 3 is 2.46 bits per heavy atom. The van der Waals surface area contributed by atoms with Crippen LogP contribution in [-0.4, -0.2) is 55.0 Å². The van der Waals surface area contributed by atoms with Crippen LogP contribution in [-0.2, 0) is 9.59 Å². The van der Waals surface area contributed by atoms with Crippen molar-refractivity contribution in [3.05, 3.63) is 0 Å². The maximum Gasteiger partial charge on any atom is 0.239 e. The Balaban J connectivity index is 0. The Bertz CT molecular complexity index is 370. The number of likely N-dealkylation sites (tertiary alicyclic amines) is 1. The fourth-order valence-corrected chi connectivity index (χ4v) is 2.81. The van der Waals surface area contributed by atoms with E-state index in [9.17, 15) is 9.59 Å². The predicted molar refractivity (Wildman–Crippen MR) is 103 cm³/mol. The molecule has 0 aromatic carbocycles. The molecule has 0 radical (unpaired) electrons. The second-order valence-electron chi connectivity index (χ2n) is 6.43. The number of nitrogens with two attached hydrogens (primary N) is 1. The van der Waals surface area contributed by atoms with Gasteiger partial charge in [-0.05, 0) is 31.7 Å². The number of carbonyl (C=O) groups excluding carboxylic acids is 2. The second-order valence-corrected chi connectivity index (χ2v) is 6.43. The van der Waals surface area contributed by atoms with Crippen LogP contribution in [0.25, 0.3) is 0 Å². The van der Waals surface area contributed by atoms with Crippen LogP contribution in [0.3, 0.4) is 0 Å². The van der Waals surface area contributed by atoms with Crippen LogP contribution in [0, 0.1) is 5.92 Å². The predicted octanol–water partition coefficient (Wildman–Crippen LogP) is 1.31. The van der Waals surface area contributed by atoms with Crippen LogP contribution in [0.5, 0.6) is 0 Å². The van der Waals surface area contributed by atoms with E-state index in [4.69, 9.17) is 5.73 Å². The van der Waals surface area contributed by atoms with Crippen molar-refractivity contribution in [1.82, 2.24) is 15.5 Å². The first-order valence-corrected chi connectivity index (χ1v) is 8.49. The van der Waals surface area contributed by atoms with Gasteiger partial charge in [0, 0.05) is 19.1 Å². The molecule has 24 heavy (non-hydrogen) atoms. The summed E-state index contributed by atoms with van der Waals surface area (Å²) in [6.45, 7) is 8.60. The molecule has 1 aliphatic rings. The first-order valence-electron chi connectivity index (χ1n) is 8.49. The summed E-state index contributed by atoms with van der Waals surface area (Å²) in [4.78, 5) is 25.9. The van der Waals surface area contributed by atoms with E-state index in [1.807, 2.05) is 13.8 Å². The van der Waals surface area contributed by atoms with E-state index >= 15 is 0 Å². The number of nitrogens with one attached hydrogen (secondary N) is 2. The maximum atomic E-state index is 11.7. The Labute approximate surface area is 158 Å². The molecule has 0 aliphatic carbocycles. The summed E-state index contributed by atoms with van der Waals surface area (Å²) in [6, 6.07) is 0.0841. The van der Waals surface area contributed by atoms with Crippen molar-refractivity contribution in [3.8, 4) is 0 Å². The summed E-state index contributed by atoms with van der Waals surface area (Å²) in [5.41, 5.74) is 5.72. The largest absolute Gasteiger partial charge is 0.353 e. The number of hydrogen-bond donors (Lipinski definition) is 3. The molecule has 6 nitrogen and oxygen atoms in total. The summed E-state index contributed by atoms with van der Waals surface area (Å²) < 4.78 is 0. The molecule has 1 fully saturated rings. The number of amides is 2. The van der Waals surface area contributed by atoms with Crippen LogP contribution in [0.1, 0.15) is 46.5 Å². The van der Waals surface area contributed by atoms with Crippen LogP contribution >= 0.6 is 24.8 Å². The van der Waals surface area contributed by atoms with Crippen molar-refractivity contribution in [1.29, 1.82) is 0 Å². The molecule has 8 heteroatoms. The molecule has 144 valence electrons.